The summed E-state index contributed by atoms with van der Waals surface area (Å²) in [7, 11) is -3.04. The molecule has 0 bridgehead atoms. The molecule has 0 aliphatic heterocycles. The van der Waals surface area contributed by atoms with Crippen LogP contribution in [0.1, 0.15) is 0 Å². The Morgan fingerprint density at radius 3 is 0.908 bits per heavy atom. The maximum Gasteiger partial charge on any atom is 0.179 e. The fourth-order valence-corrected chi connectivity index (χ4v) is 17.7. The summed E-state index contributed by atoms with van der Waals surface area (Å²) in [6, 6.07) is 111. The lowest BCUT2D eigenvalue weighted by atomic mass is 9.93. The maximum atomic E-state index is 2.59. The van der Waals surface area contributed by atoms with Gasteiger partial charge in [0.15, 0.2) is 8.07 Å². The van der Waals surface area contributed by atoms with Gasteiger partial charge in [0.25, 0.3) is 0 Å². The summed E-state index contributed by atoms with van der Waals surface area (Å²) in [6.45, 7) is 0. The molecule has 3 nitrogen and oxygen atoms in total. The van der Waals surface area contributed by atoms with E-state index in [4.69, 9.17) is 0 Å². The number of fused-ring (bicyclic) bond motifs is 9. The predicted octanol–water partition coefficient (Wildman–Crippen LogP) is 15.7. The molecule has 0 N–H and O–H groups in total. The SMILES string of the molecule is c1ccc([Si](c2ccccc2)(c2ccccc2)c2ccc(-n3c4ccccc4c4ccccc43)c(-c3cccc(-c4ccccc4-n4c5ccccc5c5ccccc54)c3-n3c4ccccc4c4ccccc43)c2)cc1. The molecule has 76 heavy (non-hydrogen) atoms. The average Bonchev–Trinajstić information content (AvgIpc) is 4.15. The van der Waals surface area contributed by atoms with Gasteiger partial charge < -0.3 is 13.7 Å². The van der Waals surface area contributed by atoms with Gasteiger partial charge in [0.1, 0.15) is 0 Å². The molecular formula is C72H49N3Si. The Bertz CT molecular complexity index is 4440. The van der Waals surface area contributed by atoms with E-state index in [0.29, 0.717) is 0 Å². The Balaban J connectivity index is 1.13. The minimum Gasteiger partial charge on any atom is -0.309 e. The van der Waals surface area contributed by atoms with E-state index in [1.54, 1.807) is 0 Å². The molecule has 12 aromatic carbocycles. The number of para-hydroxylation sites is 8. The molecule has 356 valence electrons. The van der Waals surface area contributed by atoms with Crippen molar-refractivity contribution in [3.63, 3.8) is 0 Å². The fourth-order valence-electron chi connectivity index (χ4n) is 12.9. The van der Waals surface area contributed by atoms with Crippen LogP contribution in [0.15, 0.2) is 297 Å². The molecule has 0 atom stereocenters. The molecule has 0 saturated heterocycles. The van der Waals surface area contributed by atoms with Crippen molar-refractivity contribution in [2.45, 2.75) is 0 Å². The molecule has 3 aromatic heterocycles. The molecule has 15 rings (SSSR count). The standard InChI is InChI=1S/C72H49N3Si/c1-4-25-50(26-5-1)76(51-27-6-2-7-28-51,52-29-8-3-9-30-52)53-47-48-71(74-66-42-19-12-33-56(66)57-34-13-20-43-67(57)74)63(49-53)62-39-24-38-61(72(62)75-69-45-22-14-35-58(69)59-36-15-23-46-70(59)75)60-37-16-21-44-68(60)73-64-40-17-10-31-54(64)55-32-11-18-41-65(55)73/h1-49H. The molecular weight excluding hydrogens is 935 g/mol. The summed E-state index contributed by atoms with van der Waals surface area (Å²) in [4.78, 5) is 0. The van der Waals surface area contributed by atoms with E-state index in [1.165, 1.54) is 75.1 Å². The number of benzene rings is 12. The number of rotatable bonds is 9. The normalized spacial score (nSPS) is 11.9. The van der Waals surface area contributed by atoms with Crippen LogP contribution in [0.5, 0.6) is 0 Å². The van der Waals surface area contributed by atoms with Crippen molar-refractivity contribution in [1.82, 2.24) is 13.7 Å². The second kappa shape index (κ2) is 17.7. The van der Waals surface area contributed by atoms with Crippen LogP contribution in [0.4, 0.5) is 0 Å². The van der Waals surface area contributed by atoms with Gasteiger partial charge in [-0.05, 0) is 69.3 Å². The van der Waals surface area contributed by atoms with Crippen molar-refractivity contribution >= 4 is 94.2 Å². The van der Waals surface area contributed by atoms with Crippen LogP contribution in [0.3, 0.4) is 0 Å². The highest BCUT2D eigenvalue weighted by molar-refractivity contribution is 7.20. The van der Waals surface area contributed by atoms with Crippen molar-refractivity contribution in [2.75, 3.05) is 0 Å². The first-order valence-electron chi connectivity index (χ1n) is 26.3. The van der Waals surface area contributed by atoms with Crippen LogP contribution < -0.4 is 20.7 Å². The summed E-state index contributed by atoms with van der Waals surface area (Å²) < 4.78 is 7.57. The number of nitrogens with zero attached hydrogens (tertiary/aromatic N) is 3. The smallest absolute Gasteiger partial charge is 0.179 e. The van der Waals surface area contributed by atoms with Crippen molar-refractivity contribution in [2.24, 2.45) is 0 Å². The molecule has 0 spiro atoms. The highest BCUT2D eigenvalue weighted by Gasteiger charge is 2.42. The van der Waals surface area contributed by atoms with Gasteiger partial charge in [0, 0.05) is 54.6 Å². The minimum atomic E-state index is -3.04. The molecule has 0 aliphatic carbocycles. The zero-order chi connectivity index (χ0) is 50.2. The summed E-state index contributed by atoms with van der Waals surface area (Å²) in [5.74, 6) is 0. The molecule has 15 aromatic rings. The third-order valence-electron chi connectivity index (χ3n) is 16.0. The lowest BCUT2D eigenvalue weighted by Gasteiger charge is -2.35. The van der Waals surface area contributed by atoms with E-state index in [9.17, 15) is 0 Å². The van der Waals surface area contributed by atoms with Gasteiger partial charge in [0.2, 0.25) is 0 Å². The highest BCUT2D eigenvalue weighted by atomic mass is 28.3. The van der Waals surface area contributed by atoms with Crippen LogP contribution in [0.2, 0.25) is 0 Å². The summed E-state index contributed by atoms with van der Waals surface area (Å²) >= 11 is 0. The number of hydrogen-bond donors (Lipinski definition) is 0. The third kappa shape index (κ3) is 6.54. The lowest BCUT2D eigenvalue weighted by molar-refractivity contribution is 1.15. The van der Waals surface area contributed by atoms with Gasteiger partial charge >= 0.3 is 0 Å². The number of hydrogen-bond acceptors (Lipinski definition) is 0. The molecule has 3 heterocycles. The monoisotopic (exact) mass is 983 g/mol. The topological polar surface area (TPSA) is 14.8 Å². The zero-order valence-electron chi connectivity index (χ0n) is 41.6. The Hall–Kier alpha value is -9.74. The van der Waals surface area contributed by atoms with E-state index in [-0.39, 0.29) is 0 Å². The molecule has 0 amide bonds. The summed E-state index contributed by atoms with van der Waals surface area (Å²) in [5, 5.41) is 12.7. The second-order valence-corrected chi connectivity index (χ2v) is 23.7. The van der Waals surface area contributed by atoms with E-state index < -0.39 is 8.07 Å². The molecule has 0 unspecified atom stereocenters. The Morgan fingerprint density at radius 1 is 0.197 bits per heavy atom. The van der Waals surface area contributed by atoms with Gasteiger partial charge in [-0.3, -0.25) is 0 Å². The van der Waals surface area contributed by atoms with Crippen LogP contribution in [0.25, 0.3) is 105 Å². The molecule has 0 aliphatic rings. The van der Waals surface area contributed by atoms with E-state index in [0.717, 1.165) is 50.3 Å². The molecule has 0 radical (unpaired) electrons. The summed E-state index contributed by atoms with van der Waals surface area (Å²) in [5.41, 5.74) is 14.9. The van der Waals surface area contributed by atoms with Crippen molar-refractivity contribution in [3.05, 3.63) is 297 Å². The van der Waals surface area contributed by atoms with Crippen LogP contribution in [0, 0.1) is 0 Å². The molecule has 0 fully saturated rings. The minimum absolute atomic E-state index is 1.12. The van der Waals surface area contributed by atoms with Crippen molar-refractivity contribution < 1.29 is 0 Å². The average molecular weight is 984 g/mol. The van der Waals surface area contributed by atoms with Gasteiger partial charge in [-0.25, -0.2) is 0 Å². The predicted molar refractivity (Wildman–Crippen MR) is 324 cm³/mol. The second-order valence-electron chi connectivity index (χ2n) is 19.9. The quantitative estimate of drug-likeness (QED) is 0.101. The Morgan fingerprint density at radius 2 is 0.500 bits per heavy atom. The maximum absolute atomic E-state index is 3.04. The molecule has 4 heteroatoms. The van der Waals surface area contributed by atoms with Crippen LogP contribution in [-0.4, -0.2) is 21.8 Å². The Labute approximate surface area is 442 Å². The van der Waals surface area contributed by atoms with Gasteiger partial charge in [-0.2, -0.15) is 0 Å². The summed E-state index contributed by atoms with van der Waals surface area (Å²) in [6.07, 6.45) is 0. The Kier molecular flexibility index (Phi) is 10.2. The van der Waals surface area contributed by atoms with Crippen molar-refractivity contribution in [1.29, 1.82) is 0 Å². The van der Waals surface area contributed by atoms with Gasteiger partial charge in [-0.15, -0.1) is 0 Å². The third-order valence-corrected chi connectivity index (χ3v) is 20.8. The first-order chi connectivity index (χ1) is 37.8. The highest BCUT2D eigenvalue weighted by Crippen LogP contribution is 2.46. The first kappa shape index (κ1) is 43.8. The lowest BCUT2D eigenvalue weighted by Crippen LogP contribution is -2.74. The van der Waals surface area contributed by atoms with Gasteiger partial charge in [0.05, 0.1) is 50.2 Å². The number of aromatic nitrogens is 3. The van der Waals surface area contributed by atoms with Crippen molar-refractivity contribution in [3.8, 4) is 39.3 Å². The molecule has 0 saturated carbocycles. The first-order valence-corrected chi connectivity index (χ1v) is 28.3. The van der Waals surface area contributed by atoms with Crippen LogP contribution >= 0.6 is 0 Å². The van der Waals surface area contributed by atoms with Gasteiger partial charge in [-0.1, -0.05) is 249 Å². The van der Waals surface area contributed by atoms with E-state index in [1.807, 2.05) is 0 Å². The zero-order valence-corrected chi connectivity index (χ0v) is 42.6. The largest absolute Gasteiger partial charge is 0.309 e. The van der Waals surface area contributed by atoms with E-state index in [2.05, 4.69) is 311 Å². The fraction of sp³-hybridized carbons (Fsp3) is 0. The van der Waals surface area contributed by atoms with Crippen LogP contribution in [-0.2, 0) is 0 Å². The van der Waals surface area contributed by atoms with E-state index >= 15 is 0 Å².